The number of carbonyl (C=O) groups is 2. The molecule has 0 spiro atoms. The lowest BCUT2D eigenvalue weighted by Crippen LogP contribution is -2.42. The Bertz CT molecular complexity index is 549. The molecule has 4 nitrogen and oxygen atoms in total. The predicted molar refractivity (Wildman–Crippen MR) is 83.0 cm³/mol. The van der Waals surface area contributed by atoms with Gasteiger partial charge in [0.05, 0.1) is 0 Å². The van der Waals surface area contributed by atoms with Crippen LogP contribution in [0.5, 0.6) is 0 Å². The van der Waals surface area contributed by atoms with Gasteiger partial charge in [0, 0.05) is 37.2 Å². The van der Waals surface area contributed by atoms with Crippen molar-refractivity contribution in [1.82, 2.24) is 9.80 Å². The van der Waals surface area contributed by atoms with Crippen molar-refractivity contribution in [3.05, 3.63) is 35.6 Å². The van der Waals surface area contributed by atoms with Crippen LogP contribution in [0.2, 0.25) is 0 Å². The van der Waals surface area contributed by atoms with Crippen LogP contribution in [-0.4, -0.2) is 47.8 Å². The molecular formula is C17H23FN2O2. The first kappa shape index (κ1) is 16.5. The van der Waals surface area contributed by atoms with Crippen LogP contribution >= 0.6 is 0 Å². The maximum atomic E-state index is 12.9. The normalized spacial score (nSPS) is 16.4. The van der Waals surface area contributed by atoms with Crippen LogP contribution in [0.4, 0.5) is 4.39 Å². The molecule has 0 unspecified atom stereocenters. The smallest absolute Gasteiger partial charge is 0.253 e. The zero-order valence-electron chi connectivity index (χ0n) is 13.4. The van der Waals surface area contributed by atoms with Gasteiger partial charge in [-0.2, -0.15) is 0 Å². The Labute approximate surface area is 130 Å². The van der Waals surface area contributed by atoms with E-state index >= 15 is 0 Å². The van der Waals surface area contributed by atoms with E-state index in [-0.39, 0.29) is 17.6 Å². The molecule has 5 heteroatoms. The van der Waals surface area contributed by atoms with Crippen molar-refractivity contribution in [2.24, 2.45) is 5.41 Å². The second-order valence-corrected chi connectivity index (χ2v) is 6.69. The molecule has 0 N–H and O–H groups in total. The van der Waals surface area contributed by atoms with E-state index < -0.39 is 5.41 Å². The first-order valence-corrected chi connectivity index (χ1v) is 7.63. The summed E-state index contributed by atoms with van der Waals surface area (Å²) in [6.45, 7) is 8.06. The molecule has 0 aliphatic carbocycles. The Balaban J connectivity index is 2.02. The van der Waals surface area contributed by atoms with Crippen LogP contribution in [0.3, 0.4) is 0 Å². The molecule has 1 fully saturated rings. The summed E-state index contributed by atoms with van der Waals surface area (Å²) >= 11 is 0. The van der Waals surface area contributed by atoms with E-state index in [0.717, 1.165) is 6.42 Å². The number of halogens is 1. The average Bonchev–Trinajstić information content (AvgIpc) is 2.71. The molecule has 0 atom stereocenters. The molecule has 2 amide bonds. The van der Waals surface area contributed by atoms with Crippen molar-refractivity contribution in [1.29, 1.82) is 0 Å². The van der Waals surface area contributed by atoms with E-state index in [1.165, 1.54) is 24.3 Å². The molecule has 1 aromatic carbocycles. The fourth-order valence-electron chi connectivity index (χ4n) is 2.57. The van der Waals surface area contributed by atoms with Crippen molar-refractivity contribution in [3.63, 3.8) is 0 Å². The predicted octanol–water partition coefficient (Wildman–Crippen LogP) is 2.55. The minimum atomic E-state index is -0.407. The van der Waals surface area contributed by atoms with E-state index in [1.54, 1.807) is 4.90 Å². The zero-order chi connectivity index (χ0) is 16.3. The van der Waals surface area contributed by atoms with Gasteiger partial charge in [0.1, 0.15) is 5.82 Å². The number of carbonyl (C=O) groups excluding carboxylic acids is 2. The molecule has 22 heavy (non-hydrogen) atoms. The standard InChI is InChI=1S/C17H23FN2O2/c1-17(2,3)16(22)20-10-4-9-19(11-12-20)15(21)13-5-7-14(18)8-6-13/h5-8H,4,9-12H2,1-3H3. The second kappa shape index (κ2) is 6.46. The third kappa shape index (κ3) is 3.84. The van der Waals surface area contributed by atoms with Gasteiger partial charge in [-0.25, -0.2) is 4.39 Å². The fraction of sp³-hybridized carbons (Fsp3) is 0.529. The summed E-state index contributed by atoms with van der Waals surface area (Å²) in [4.78, 5) is 28.3. The summed E-state index contributed by atoms with van der Waals surface area (Å²) in [6, 6.07) is 5.59. The summed E-state index contributed by atoms with van der Waals surface area (Å²) < 4.78 is 12.9. The molecule has 1 saturated heterocycles. The number of hydrogen-bond acceptors (Lipinski definition) is 2. The third-order valence-corrected chi connectivity index (χ3v) is 3.80. The van der Waals surface area contributed by atoms with Crippen molar-refractivity contribution < 1.29 is 14.0 Å². The second-order valence-electron chi connectivity index (χ2n) is 6.69. The van der Waals surface area contributed by atoms with Crippen LogP contribution < -0.4 is 0 Å². The van der Waals surface area contributed by atoms with E-state index in [2.05, 4.69) is 0 Å². The molecule has 1 heterocycles. The molecule has 120 valence electrons. The summed E-state index contributed by atoms with van der Waals surface area (Å²) in [6.07, 6.45) is 0.759. The quantitative estimate of drug-likeness (QED) is 0.800. The average molecular weight is 306 g/mol. The van der Waals surface area contributed by atoms with Gasteiger partial charge in [-0.15, -0.1) is 0 Å². The van der Waals surface area contributed by atoms with E-state index in [0.29, 0.717) is 31.7 Å². The maximum absolute atomic E-state index is 12.9. The molecule has 2 rings (SSSR count). The van der Waals surface area contributed by atoms with E-state index in [4.69, 9.17) is 0 Å². The number of amides is 2. The lowest BCUT2D eigenvalue weighted by atomic mass is 9.94. The zero-order valence-corrected chi connectivity index (χ0v) is 13.4. The molecule has 0 bridgehead atoms. The molecular weight excluding hydrogens is 283 g/mol. The molecule has 1 aliphatic heterocycles. The van der Waals surface area contributed by atoms with Gasteiger partial charge in [-0.1, -0.05) is 20.8 Å². The first-order chi connectivity index (χ1) is 10.3. The molecule has 1 aromatic rings. The number of rotatable bonds is 1. The highest BCUT2D eigenvalue weighted by atomic mass is 19.1. The van der Waals surface area contributed by atoms with Gasteiger partial charge in [-0.3, -0.25) is 9.59 Å². The largest absolute Gasteiger partial charge is 0.340 e. The SMILES string of the molecule is CC(C)(C)C(=O)N1CCCN(C(=O)c2ccc(F)cc2)CC1. The molecule has 0 radical (unpaired) electrons. The highest BCUT2D eigenvalue weighted by Gasteiger charge is 2.29. The summed E-state index contributed by atoms with van der Waals surface area (Å²) in [5.74, 6) is -0.344. The summed E-state index contributed by atoms with van der Waals surface area (Å²) in [5, 5.41) is 0. The summed E-state index contributed by atoms with van der Waals surface area (Å²) in [7, 11) is 0. The highest BCUT2D eigenvalue weighted by molar-refractivity contribution is 5.94. The topological polar surface area (TPSA) is 40.6 Å². The summed E-state index contributed by atoms with van der Waals surface area (Å²) in [5.41, 5.74) is 0.0767. The molecule has 1 aliphatic rings. The highest BCUT2D eigenvalue weighted by Crippen LogP contribution is 2.19. The van der Waals surface area contributed by atoms with Gasteiger partial charge in [0.15, 0.2) is 0 Å². The van der Waals surface area contributed by atoms with Gasteiger partial charge in [0.2, 0.25) is 5.91 Å². The van der Waals surface area contributed by atoms with Crippen LogP contribution in [0.25, 0.3) is 0 Å². The molecule has 0 saturated carbocycles. The van der Waals surface area contributed by atoms with Gasteiger partial charge in [0.25, 0.3) is 5.91 Å². The van der Waals surface area contributed by atoms with Crippen molar-refractivity contribution in [3.8, 4) is 0 Å². The van der Waals surface area contributed by atoms with Crippen LogP contribution in [0.15, 0.2) is 24.3 Å². The maximum Gasteiger partial charge on any atom is 0.253 e. The lowest BCUT2D eigenvalue weighted by molar-refractivity contribution is -0.139. The van der Waals surface area contributed by atoms with Crippen molar-refractivity contribution in [2.45, 2.75) is 27.2 Å². The first-order valence-electron chi connectivity index (χ1n) is 7.63. The fourth-order valence-corrected chi connectivity index (χ4v) is 2.57. The lowest BCUT2D eigenvalue weighted by Gasteiger charge is -2.28. The number of hydrogen-bond donors (Lipinski definition) is 0. The number of nitrogens with zero attached hydrogens (tertiary/aromatic N) is 2. The Kier molecular flexibility index (Phi) is 4.84. The Morgan fingerprint density at radius 1 is 0.955 bits per heavy atom. The van der Waals surface area contributed by atoms with Crippen molar-refractivity contribution in [2.75, 3.05) is 26.2 Å². The third-order valence-electron chi connectivity index (χ3n) is 3.80. The minimum absolute atomic E-state index is 0.106. The monoisotopic (exact) mass is 306 g/mol. The van der Waals surface area contributed by atoms with Gasteiger partial charge in [-0.05, 0) is 30.7 Å². The van der Waals surface area contributed by atoms with E-state index in [9.17, 15) is 14.0 Å². The Morgan fingerprint density at radius 2 is 1.50 bits per heavy atom. The van der Waals surface area contributed by atoms with E-state index in [1.807, 2.05) is 25.7 Å². The molecule has 0 aromatic heterocycles. The van der Waals surface area contributed by atoms with Gasteiger partial charge < -0.3 is 9.80 Å². The van der Waals surface area contributed by atoms with Gasteiger partial charge >= 0.3 is 0 Å². The Hall–Kier alpha value is -1.91. The Morgan fingerprint density at radius 3 is 2.09 bits per heavy atom. The van der Waals surface area contributed by atoms with Crippen molar-refractivity contribution >= 4 is 11.8 Å². The van der Waals surface area contributed by atoms with Crippen LogP contribution in [-0.2, 0) is 4.79 Å². The number of benzene rings is 1. The van der Waals surface area contributed by atoms with Crippen LogP contribution in [0, 0.1) is 11.2 Å². The van der Waals surface area contributed by atoms with Crippen LogP contribution in [0.1, 0.15) is 37.6 Å². The minimum Gasteiger partial charge on any atom is -0.340 e.